The number of hydrogen-bond donors (Lipinski definition) is 2. The van der Waals surface area contributed by atoms with Crippen LogP contribution in [-0.2, 0) is 15.1 Å². The second kappa shape index (κ2) is 7.61. The van der Waals surface area contributed by atoms with Crippen LogP contribution in [0.5, 0.6) is 0 Å². The number of rotatable bonds is 8. The molecule has 120 valence electrons. The average molecular weight is 297 g/mol. The highest BCUT2D eigenvalue weighted by molar-refractivity contribution is 5.76. The van der Waals surface area contributed by atoms with Gasteiger partial charge in [0.05, 0.1) is 13.2 Å². The quantitative estimate of drug-likeness (QED) is 0.722. The van der Waals surface area contributed by atoms with Gasteiger partial charge in [0.15, 0.2) is 0 Å². The average Bonchev–Trinajstić information content (AvgIpc) is 2.72. The summed E-state index contributed by atoms with van der Waals surface area (Å²) in [6, 6.07) is 1.80. The lowest BCUT2D eigenvalue weighted by atomic mass is 9.96. The molecule has 0 aromatic carbocycles. The van der Waals surface area contributed by atoms with Gasteiger partial charge in [0.25, 0.3) is 0 Å². The molecule has 1 amide bonds. The first kappa shape index (κ1) is 17.7. The van der Waals surface area contributed by atoms with E-state index in [1.165, 1.54) is 0 Å². The maximum Gasteiger partial charge on any atom is 0.222 e. The molecule has 2 N–H and O–H groups in total. The van der Waals surface area contributed by atoms with Crippen LogP contribution < -0.4 is 5.32 Å². The van der Waals surface area contributed by atoms with Crippen molar-refractivity contribution in [3.05, 3.63) is 23.2 Å². The summed E-state index contributed by atoms with van der Waals surface area (Å²) in [6.07, 6.45) is 0.298. The molecule has 1 heterocycles. The molecule has 5 heteroatoms. The predicted molar refractivity (Wildman–Crippen MR) is 81.0 cm³/mol. The number of aliphatic hydroxyl groups is 1. The fourth-order valence-corrected chi connectivity index (χ4v) is 2.10. The first-order chi connectivity index (χ1) is 9.72. The lowest BCUT2D eigenvalue weighted by molar-refractivity contribution is -0.123. The molecule has 0 aliphatic carbocycles. The minimum atomic E-state index is -1.14. The molecule has 5 nitrogen and oxygen atoms in total. The SMILES string of the molecule is Cc1cc([C@](C)(O)CNC(=O)CCOCC(C)C)c(C)o1. The van der Waals surface area contributed by atoms with Crippen molar-refractivity contribution in [3.8, 4) is 0 Å². The molecule has 0 saturated heterocycles. The van der Waals surface area contributed by atoms with Gasteiger partial charge in [-0.2, -0.15) is 0 Å². The Balaban J connectivity index is 2.39. The van der Waals surface area contributed by atoms with Crippen LogP contribution in [0.1, 0.15) is 44.3 Å². The van der Waals surface area contributed by atoms with Crippen LogP contribution in [0.15, 0.2) is 10.5 Å². The van der Waals surface area contributed by atoms with Gasteiger partial charge in [0.2, 0.25) is 5.91 Å². The molecule has 0 fully saturated rings. The van der Waals surface area contributed by atoms with E-state index in [2.05, 4.69) is 19.2 Å². The number of aryl methyl sites for hydroxylation is 2. The van der Waals surface area contributed by atoms with Gasteiger partial charge in [-0.3, -0.25) is 4.79 Å². The van der Waals surface area contributed by atoms with Gasteiger partial charge in [0.1, 0.15) is 17.1 Å². The predicted octanol–water partition coefficient (Wildman–Crippen LogP) is 2.28. The lowest BCUT2D eigenvalue weighted by Crippen LogP contribution is -2.39. The second-order valence-electron chi connectivity index (χ2n) is 6.10. The summed E-state index contributed by atoms with van der Waals surface area (Å²) >= 11 is 0. The molecule has 1 atom stereocenters. The Morgan fingerprint density at radius 3 is 2.67 bits per heavy atom. The van der Waals surface area contributed by atoms with Gasteiger partial charge >= 0.3 is 0 Å². The van der Waals surface area contributed by atoms with Gasteiger partial charge in [0, 0.05) is 18.6 Å². The third-order valence-electron chi connectivity index (χ3n) is 3.18. The van der Waals surface area contributed by atoms with Crippen LogP contribution in [0.3, 0.4) is 0 Å². The molecule has 1 aromatic rings. The largest absolute Gasteiger partial charge is 0.466 e. The van der Waals surface area contributed by atoms with Crippen molar-refractivity contribution in [3.63, 3.8) is 0 Å². The van der Waals surface area contributed by atoms with Crippen molar-refractivity contribution >= 4 is 5.91 Å². The molecule has 1 rings (SSSR count). The minimum Gasteiger partial charge on any atom is -0.466 e. The number of furan rings is 1. The first-order valence-electron chi connectivity index (χ1n) is 7.36. The van der Waals surface area contributed by atoms with Gasteiger partial charge in [-0.15, -0.1) is 0 Å². The van der Waals surface area contributed by atoms with Crippen LogP contribution >= 0.6 is 0 Å². The summed E-state index contributed by atoms with van der Waals surface area (Å²) in [4.78, 5) is 11.7. The molecule has 1 aromatic heterocycles. The Bertz CT molecular complexity index is 463. The topological polar surface area (TPSA) is 71.7 Å². The van der Waals surface area contributed by atoms with Gasteiger partial charge in [-0.05, 0) is 32.8 Å². The van der Waals surface area contributed by atoms with Crippen molar-refractivity contribution in [2.24, 2.45) is 5.92 Å². The zero-order chi connectivity index (χ0) is 16.0. The summed E-state index contributed by atoms with van der Waals surface area (Å²) in [6.45, 7) is 10.6. The highest BCUT2D eigenvalue weighted by atomic mass is 16.5. The van der Waals surface area contributed by atoms with E-state index in [0.717, 1.165) is 5.76 Å². The minimum absolute atomic E-state index is 0.128. The number of hydrogen-bond acceptors (Lipinski definition) is 4. The van der Waals surface area contributed by atoms with Gasteiger partial charge in [-0.1, -0.05) is 13.8 Å². The van der Waals surface area contributed by atoms with Crippen LogP contribution in [0.4, 0.5) is 0 Å². The second-order valence-corrected chi connectivity index (χ2v) is 6.10. The molecule has 0 aliphatic rings. The fourth-order valence-electron chi connectivity index (χ4n) is 2.10. The zero-order valence-electron chi connectivity index (χ0n) is 13.7. The fraction of sp³-hybridized carbons (Fsp3) is 0.688. The normalized spacial score (nSPS) is 14.2. The monoisotopic (exact) mass is 297 g/mol. The Morgan fingerprint density at radius 1 is 1.48 bits per heavy atom. The lowest BCUT2D eigenvalue weighted by Gasteiger charge is -2.23. The van der Waals surface area contributed by atoms with Crippen molar-refractivity contribution in [1.82, 2.24) is 5.32 Å². The van der Waals surface area contributed by atoms with Gasteiger partial charge < -0.3 is 19.6 Å². The van der Waals surface area contributed by atoms with Crippen LogP contribution in [0.25, 0.3) is 0 Å². The van der Waals surface area contributed by atoms with Crippen LogP contribution in [-0.4, -0.2) is 30.8 Å². The maximum absolute atomic E-state index is 11.7. The number of carbonyl (C=O) groups excluding carboxylic acids is 1. The molecular formula is C16H27NO4. The van der Waals surface area contributed by atoms with E-state index in [-0.39, 0.29) is 12.5 Å². The molecule has 0 unspecified atom stereocenters. The van der Waals surface area contributed by atoms with E-state index in [1.807, 2.05) is 6.92 Å². The Labute approximate surface area is 126 Å². The molecule has 0 radical (unpaired) electrons. The van der Waals surface area contributed by atoms with Crippen molar-refractivity contribution in [2.75, 3.05) is 19.8 Å². The number of nitrogens with one attached hydrogen (secondary N) is 1. The van der Waals surface area contributed by atoms with E-state index in [0.29, 0.717) is 36.9 Å². The third-order valence-corrected chi connectivity index (χ3v) is 3.18. The number of amides is 1. The first-order valence-corrected chi connectivity index (χ1v) is 7.36. The van der Waals surface area contributed by atoms with E-state index in [9.17, 15) is 9.90 Å². The number of ether oxygens (including phenoxy) is 1. The Kier molecular flexibility index (Phi) is 6.42. The molecule has 0 bridgehead atoms. The van der Waals surface area contributed by atoms with Crippen molar-refractivity contribution in [2.45, 2.75) is 46.6 Å². The Hall–Kier alpha value is -1.33. The summed E-state index contributed by atoms with van der Waals surface area (Å²) in [5.41, 5.74) is -0.438. The third kappa shape index (κ3) is 5.89. The highest BCUT2D eigenvalue weighted by Crippen LogP contribution is 2.26. The number of carbonyl (C=O) groups is 1. The molecule has 0 aliphatic heterocycles. The Morgan fingerprint density at radius 2 is 2.14 bits per heavy atom. The standard InChI is InChI=1S/C16H27NO4/c1-11(2)9-20-7-6-15(18)17-10-16(5,19)14-8-12(3)21-13(14)4/h8,11,19H,6-7,9-10H2,1-5H3,(H,17,18)/t16-/m1/s1. The van der Waals surface area contributed by atoms with Crippen molar-refractivity contribution < 1.29 is 19.1 Å². The van der Waals surface area contributed by atoms with Gasteiger partial charge in [-0.25, -0.2) is 0 Å². The molecule has 0 spiro atoms. The summed E-state index contributed by atoms with van der Waals surface area (Å²) in [5.74, 6) is 1.75. The summed E-state index contributed by atoms with van der Waals surface area (Å²) in [7, 11) is 0. The summed E-state index contributed by atoms with van der Waals surface area (Å²) < 4.78 is 10.8. The van der Waals surface area contributed by atoms with E-state index in [1.54, 1.807) is 19.9 Å². The highest BCUT2D eigenvalue weighted by Gasteiger charge is 2.28. The van der Waals surface area contributed by atoms with Crippen LogP contribution in [0, 0.1) is 19.8 Å². The van der Waals surface area contributed by atoms with Crippen molar-refractivity contribution in [1.29, 1.82) is 0 Å². The molecular weight excluding hydrogens is 270 g/mol. The smallest absolute Gasteiger partial charge is 0.222 e. The van der Waals surface area contributed by atoms with E-state index < -0.39 is 5.60 Å². The maximum atomic E-state index is 11.7. The molecule has 21 heavy (non-hydrogen) atoms. The molecule has 0 saturated carbocycles. The van der Waals surface area contributed by atoms with Crippen LogP contribution in [0.2, 0.25) is 0 Å². The summed E-state index contributed by atoms with van der Waals surface area (Å²) in [5, 5.41) is 13.2. The van der Waals surface area contributed by atoms with E-state index >= 15 is 0 Å². The zero-order valence-corrected chi connectivity index (χ0v) is 13.7. The van der Waals surface area contributed by atoms with E-state index in [4.69, 9.17) is 9.15 Å².